The predicted octanol–water partition coefficient (Wildman–Crippen LogP) is 3.86. The quantitative estimate of drug-likeness (QED) is 0.544. The molecule has 0 saturated heterocycles. The molecule has 2 nitrogen and oxygen atoms in total. The molecule has 1 radical (unpaired) electrons. The molecule has 0 saturated carbocycles. The van der Waals surface area contributed by atoms with Gasteiger partial charge in [0.25, 0.3) is 0 Å². The first-order chi connectivity index (χ1) is 9.43. The average Bonchev–Trinajstić information content (AvgIpc) is 2.96. The van der Waals surface area contributed by atoms with Crippen molar-refractivity contribution in [1.29, 1.82) is 0 Å². The molecule has 1 aromatic heterocycles. The Morgan fingerprint density at radius 2 is 1.43 bits per heavy atom. The van der Waals surface area contributed by atoms with Crippen molar-refractivity contribution in [1.82, 2.24) is 0 Å². The number of hydrogen-bond acceptors (Lipinski definition) is 1. The fraction of sp³-hybridized carbons (Fsp3) is 0.278. The van der Waals surface area contributed by atoms with Gasteiger partial charge in [0.15, 0.2) is 0 Å². The van der Waals surface area contributed by atoms with E-state index in [1.807, 2.05) is 70.3 Å². The molecule has 1 aromatic carbocycles. The van der Waals surface area contributed by atoms with Crippen LogP contribution in [0.2, 0.25) is 0 Å². The molecular formula is C18H26N2Y. The molecule has 1 aliphatic heterocycles. The van der Waals surface area contributed by atoms with Gasteiger partial charge in [-0.25, -0.2) is 4.24 Å². The van der Waals surface area contributed by atoms with Crippen LogP contribution in [0.15, 0.2) is 59.7 Å². The summed E-state index contributed by atoms with van der Waals surface area (Å²) in [6.45, 7) is 8.00. The van der Waals surface area contributed by atoms with E-state index in [4.69, 9.17) is 0 Å². The molecule has 2 aromatic rings. The number of benzene rings is 1. The summed E-state index contributed by atoms with van der Waals surface area (Å²) < 4.78 is 2.07. The van der Waals surface area contributed by atoms with Gasteiger partial charge in [-0.2, -0.15) is 0 Å². The normalized spacial score (nSPS) is 13.2. The van der Waals surface area contributed by atoms with Crippen LogP contribution >= 0.6 is 0 Å². The monoisotopic (exact) mass is 359 g/mol. The van der Waals surface area contributed by atoms with Crippen LogP contribution in [-0.2, 0) is 32.7 Å². The maximum Gasteiger partial charge on any atom is 0.322 e. The summed E-state index contributed by atoms with van der Waals surface area (Å²) in [5.41, 5.74) is 2.26. The molecule has 111 valence electrons. The van der Waals surface area contributed by atoms with E-state index in [2.05, 4.69) is 27.6 Å². The first-order valence-corrected chi connectivity index (χ1v) is 7.04. The Hall–Kier alpha value is -0.856. The molecule has 21 heavy (non-hydrogen) atoms. The second kappa shape index (κ2) is 12.9. The SMILES string of the molecule is C1=[n+]2ccccc2=NC1c1ccccc1.CC.CC.[CH3-].[Y]. The number of aromatic nitrogens is 1. The van der Waals surface area contributed by atoms with Gasteiger partial charge in [0.2, 0.25) is 6.04 Å². The molecule has 0 amide bonds. The molecule has 2 heterocycles. The Labute approximate surface area is 154 Å². The van der Waals surface area contributed by atoms with Gasteiger partial charge in [0, 0.05) is 44.3 Å². The molecule has 0 bridgehead atoms. The van der Waals surface area contributed by atoms with Gasteiger partial charge in [-0.1, -0.05) is 69.1 Å². The maximum atomic E-state index is 4.63. The molecule has 1 unspecified atom stereocenters. The number of nitrogens with zero attached hydrogens (tertiary/aromatic N) is 2. The number of rotatable bonds is 1. The van der Waals surface area contributed by atoms with Gasteiger partial charge in [-0.15, -0.1) is 0 Å². The second-order valence-electron chi connectivity index (χ2n) is 3.60. The van der Waals surface area contributed by atoms with Gasteiger partial charge in [-0.3, -0.25) is 0 Å². The summed E-state index contributed by atoms with van der Waals surface area (Å²) in [6, 6.07) is 16.6. The van der Waals surface area contributed by atoms with E-state index in [1.165, 1.54) is 5.56 Å². The summed E-state index contributed by atoms with van der Waals surface area (Å²) in [6.07, 6.45) is 4.16. The van der Waals surface area contributed by atoms with Crippen LogP contribution in [0.4, 0.5) is 0 Å². The molecule has 1 aliphatic rings. The van der Waals surface area contributed by atoms with Crippen LogP contribution in [0.25, 0.3) is 0 Å². The Kier molecular flexibility index (Phi) is 13.7. The minimum absolute atomic E-state index is 0. The molecule has 0 spiro atoms. The Balaban J connectivity index is 0. The van der Waals surface area contributed by atoms with Gasteiger partial charge < -0.3 is 7.43 Å². The zero-order valence-corrected chi connectivity index (χ0v) is 16.7. The smallest absolute Gasteiger partial charge is 0.322 e. The summed E-state index contributed by atoms with van der Waals surface area (Å²) >= 11 is 0. The molecule has 0 fully saturated rings. The summed E-state index contributed by atoms with van der Waals surface area (Å²) in [5, 5.41) is 0. The van der Waals surface area contributed by atoms with Crippen molar-refractivity contribution in [2.24, 2.45) is 4.99 Å². The first kappa shape index (κ1) is 22.4. The second-order valence-corrected chi connectivity index (χ2v) is 3.60. The van der Waals surface area contributed by atoms with Gasteiger partial charge in [0.05, 0.1) is 6.20 Å². The summed E-state index contributed by atoms with van der Waals surface area (Å²) in [5.74, 6) is 0. The first-order valence-electron chi connectivity index (χ1n) is 7.04. The number of fused-ring (bicyclic) bond motifs is 1. The maximum absolute atomic E-state index is 4.63. The Morgan fingerprint density at radius 3 is 2.00 bits per heavy atom. The topological polar surface area (TPSA) is 18.3 Å². The Bertz CT molecular complexity index is 559. The van der Waals surface area contributed by atoms with Crippen LogP contribution in [0.1, 0.15) is 39.3 Å². The van der Waals surface area contributed by atoms with Crippen LogP contribution in [0.3, 0.4) is 0 Å². The summed E-state index contributed by atoms with van der Waals surface area (Å²) in [4.78, 5) is 4.63. The molecule has 1 atom stereocenters. The fourth-order valence-corrected chi connectivity index (χ4v) is 1.82. The van der Waals surface area contributed by atoms with Crippen molar-refractivity contribution in [3.8, 4) is 0 Å². The summed E-state index contributed by atoms with van der Waals surface area (Å²) in [7, 11) is 0. The van der Waals surface area contributed by atoms with Crippen LogP contribution in [0, 0.1) is 13.6 Å². The van der Waals surface area contributed by atoms with E-state index in [0.717, 1.165) is 5.49 Å². The van der Waals surface area contributed by atoms with Crippen molar-refractivity contribution in [2.45, 2.75) is 33.7 Å². The van der Waals surface area contributed by atoms with Crippen molar-refractivity contribution >= 4 is 0 Å². The fourth-order valence-electron chi connectivity index (χ4n) is 1.82. The van der Waals surface area contributed by atoms with E-state index >= 15 is 0 Å². The van der Waals surface area contributed by atoms with E-state index in [1.54, 1.807) is 0 Å². The van der Waals surface area contributed by atoms with E-state index in [9.17, 15) is 0 Å². The number of hydrogen-bond donors (Lipinski definition) is 0. The standard InChI is InChI=1S/C13H11N2.2C2H6.CH3.Y/c1-2-6-11(7-3-1)12-10-15-9-5-4-8-13(15)14-12;2*1-2;;/h1-10,12H;2*1-2H3;1H3;/q+1;;;-1;. The molecule has 3 rings (SSSR count). The molecule has 0 aliphatic carbocycles. The zero-order chi connectivity index (χ0) is 14.1. The third-order valence-electron chi connectivity index (χ3n) is 2.58. The van der Waals surface area contributed by atoms with Crippen molar-refractivity contribution in [3.63, 3.8) is 0 Å². The predicted molar refractivity (Wildman–Crippen MR) is 85.8 cm³/mol. The van der Waals surface area contributed by atoms with E-state index < -0.39 is 0 Å². The van der Waals surface area contributed by atoms with Crippen molar-refractivity contribution in [3.05, 3.63) is 79.4 Å². The van der Waals surface area contributed by atoms with E-state index in [-0.39, 0.29) is 46.2 Å². The van der Waals surface area contributed by atoms with E-state index in [0.29, 0.717) is 0 Å². The third-order valence-corrected chi connectivity index (χ3v) is 2.58. The third kappa shape index (κ3) is 6.19. The van der Waals surface area contributed by atoms with Crippen LogP contribution < -0.4 is 9.73 Å². The van der Waals surface area contributed by atoms with Crippen LogP contribution in [0.5, 0.6) is 0 Å². The largest absolute Gasteiger partial charge is 0.358 e. The van der Waals surface area contributed by atoms with Crippen molar-refractivity contribution in [2.75, 3.05) is 0 Å². The number of pyridine rings is 1. The molecular weight excluding hydrogens is 333 g/mol. The molecule has 3 heteroatoms. The van der Waals surface area contributed by atoms with Gasteiger partial charge >= 0.3 is 5.49 Å². The average molecular weight is 359 g/mol. The minimum atomic E-state index is 0. The molecule has 0 N–H and O–H groups in total. The minimum Gasteiger partial charge on any atom is -0.358 e. The van der Waals surface area contributed by atoms with Crippen LogP contribution in [-0.4, -0.2) is 0 Å². The Morgan fingerprint density at radius 1 is 0.857 bits per heavy atom. The van der Waals surface area contributed by atoms with Gasteiger partial charge in [0.1, 0.15) is 6.21 Å². The van der Waals surface area contributed by atoms with Gasteiger partial charge in [-0.05, 0) is 6.07 Å². The van der Waals surface area contributed by atoms with Crippen molar-refractivity contribution < 1.29 is 37.0 Å². The zero-order valence-electron chi connectivity index (χ0n) is 13.8.